The van der Waals surface area contributed by atoms with E-state index in [4.69, 9.17) is 32.7 Å². The largest absolute Gasteiger partial charge is 0.491 e. The minimum absolute atomic E-state index is 0.124. The van der Waals surface area contributed by atoms with Gasteiger partial charge in [0.25, 0.3) is 5.91 Å². The van der Waals surface area contributed by atoms with E-state index in [9.17, 15) is 9.59 Å². The van der Waals surface area contributed by atoms with Crippen LogP contribution in [0.4, 0.5) is 10.5 Å². The van der Waals surface area contributed by atoms with Gasteiger partial charge in [-0.3, -0.25) is 4.79 Å². The molecule has 1 aliphatic heterocycles. The van der Waals surface area contributed by atoms with Crippen LogP contribution in [0.2, 0.25) is 10.0 Å². The first kappa shape index (κ1) is 19.1. The van der Waals surface area contributed by atoms with E-state index >= 15 is 0 Å². The third-order valence-electron chi connectivity index (χ3n) is 3.81. The van der Waals surface area contributed by atoms with Gasteiger partial charge in [0.05, 0.1) is 24.4 Å². The number of hydrogen-bond acceptors (Lipinski definition) is 4. The third kappa shape index (κ3) is 3.86. The predicted octanol–water partition coefficient (Wildman–Crippen LogP) is 4.50. The molecule has 2 aromatic carbocycles. The van der Waals surface area contributed by atoms with Gasteiger partial charge in [-0.25, -0.2) is 9.69 Å². The first-order valence-electron chi connectivity index (χ1n) is 8.07. The Kier molecular flexibility index (Phi) is 5.58. The van der Waals surface area contributed by atoms with Crippen LogP contribution in [0.5, 0.6) is 11.5 Å². The van der Waals surface area contributed by atoms with E-state index in [-0.39, 0.29) is 5.70 Å². The molecule has 1 heterocycles. The Hall–Kier alpha value is -2.70. The van der Waals surface area contributed by atoms with Crippen LogP contribution >= 0.6 is 23.2 Å². The molecule has 0 unspecified atom stereocenters. The van der Waals surface area contributed by atoms with Gasteiger partial charge in [-0.15, -0.1) is 0 Å². The molecule has 0 aliphatic carbocycles. The van der Waals surface area contributed by atoms with Crippen LogP contribution < -0.4 is 19.7 Å². The predicted molar refractivity (Wildman–Crippen MR) is 105 cm³/mol. The number of benzene rings is 2. The van der Waals surface area contributed by atoms with Crippen molar-refractivity contribution in [1.29, 1.82) is 0 Å². The third-order valence-corrected chi connectivity index (χ3v) is 4.34. The molecule has 1 N–H and O–H groups in total. The number of imide groups is 1. The zero-order valence-electron chi connectivity index (χ0n) is 14.6. The number of ether oxygens (including phenoxy) is 2. The molecule has 3 rings (SSSR count). The average molecular weight is 407 g/mol. The lowest BCUT2D eigenvalue weighted by Crippen LogP contribution is -2.30. The zero-order valence-corrected chi connectivity index (χ0v) is 16.1. The lowest BCUT2D eigenvalue weighted by molar-refractivity contribution is -0.113. The molecular weight excluding hydrogens is 391 g/mol. The Morgan fingerprint density at radius 1 is 1.15 bits per heavy atom. The van der Waals surface area contributed by atoms with E-state index in [2.05, 4.69) is 5.32 Å². The summed E-state index contributed by atoms with van der Waals surface area (Å²) in [6.07, 6.45) is 1.53. The van der Waals surface area contributed by atoms with E-state index in [1.54, 1.807) is 36.4 Å². The van der Waals surface area contributed by atoms with Gasteiger partial charge in [-0.05, 0) is 55.0 Å². The molecule has 0 atom stereocenters. The highest BCUT2D eigenvalue weighted by Gasteiger charge is 2.34. The fraction of sp³-hybridized carbons (Fsp3) is 0.158. The molecule has 1 fully saturated rings. The number of nitrogens with zero attached hydrogens (tertiary/aromatic N) is 1. The van der Waals surface area contributed by atoms with Gasteiger partial charge >= 0.3 is 6.03 Å². The number of nitrogens with one attached hydrogen (secondary N) is 1. The fourth-order valence-corrected chi connectivity index (χ4v) is 3.08. The van der Waals surface area contributed by atoms with Gasteiger partial charge < -0.3 is 14.8 Å². The Balaban J connectivity index is 1.95. The van der Waals surface area contributed by atoms with E-state index in [0.29, 0.717) is 39.4 Å². The Bertz CT molecular complexity index is 926. The molecule has 1 aliphatic rings. The summed E-state index contributed by atoms with van der Waals surface area (Å²) >= 11 is 12.1. The zero-order chi connectivity index (χ0) is 19.6. The number of methoxy groups -OCH3 is 1. The van der Waals surface area contributed by atoms with E-state index in [0.717, 1.165) is 4.90 Å². The number of carbonyl (C=O) groups excluding carboxylic acids is 2. The van der Waals surface area contributed by atoms with Crippen molar-refractivity contribution in [1.82, 2.24) is 5.32 Å². The van der Waals surface area contributed by atoms with E-state index in [1.165, 1.54) is 13.2 Å². The molecule has 0 bridgehead atoms. The maximum Gasteiger partial charge on any atom is 0.333 e. The second kappa shape index (κ2) is 7.90. The number of anilines is 1. The summed E-state index contributed by atoms with van der Waals surface area (Å²) in [7, 11) is 1.49. The SMILES string of the molecule is CCOc1cc(/C=C2/NC(=O)N(c3ccc(Cl)cc3)C2=O)cc(Cl)c1OC. The molecular formula is C19H16Cl2N2O4. The van der Waals surface area contributed by atoms with Crippen LogP contribution in [0.15, 0.2) is 42.1 Å². The summed E-state index contributed by atoms with van der Waals surface area (Å²) in [5.74, 6) is 0.378. The molecule has 27 heavy (non-hydrogen) atoms. The summed E-state index contributed by atoms with van der Waals surface area (Å²) in [4.78, 5) is 26.0. The summed E-state index contributed by atoms with van der Waals surface area (Å²) in [6.45, 7) is 2.26. The molecule has 1 saturated heterocycles. The summed E-state index contributed by atoms with van der Waals surface area (Å²) in [5, 5.41) is 3.41. The van der Waals surface area contributed by atoms with E-state index < -0.39 is 11.9 Å². The number of hydrogen-bond donors (Lipinski definition) is 1. The van der Waals surface area contributed by atoms with Crippen molar-refractivity contribution in [3.05, 3.63) is 57.7 Å². The van der Waals surface area contributed by atoms with Gasteiger partial charge in [0.2, 0.25) is 0 Å². The second-order valence-electron chi connectivity index (χ2n) is 5.57. The molecule has 0 radical (unpaired) electrons. The van der Waals surface area contributed by atoms with Gasteiger partial charge in [0.1, 0.15) is 5.70 Å². The van der Waals surface area contributed by atoms with Crippen LogP contribution in [0.3, 0.4) is 0 Å². The van der Waals surface area contributed by atoms with E-state index in [1.807, 2.05) is 6.92 Å². The van der Waals surface area contributed by atoms with Crippen LogP contribution in [0, 0.1) is 0 Å². The van der Waals surface area contributed by atoms with Crippen LogP contribution in [-0.4, -0.2) is 25.7 Å². The minimum atomic E-state index is -0.543. The van der Waals surface area contributed by atoms with Crippen molar-refractivity contribution >= 4 is 46.9 Å². The highest BCUT2D eigenvalue weighted by molar-refractivity contribution is 6.33. The highest BCUT2D eigenvalue weighted by atomic mass is 35.5. The first-order valence-corrected chi connectivity index (χ1v) is 8.83. The molecule has 3 amide bonds. The normalized spacial score (nSPS) is 15.3. The summed E-state index contributed by atoms with van der Waals surface area (Å²) in [5.41, 5.74) is 1.14. The number of halogens is 2. The van der Waals surface area contributed by atoms with Crippen LogP contribution in [0.1, 0.15) is 12.5 Å². The quantitative estimate of drug-likeness (QED) is 0.586. The molecule has 2 aromatic rings. The van der Waals surface area contributed by atoms with Gasteiger partial charge in [-0.2, -0.15) is 0 Å². The molecule has 6 nitrogen and oxygen atoms in total. The Morgan fingerprint density at radius 2 is 1.85 bits per heavy atom. The fourth-order valence-electron chi connectivity index (χ4n) is 2.66. The molecule has 0 saturated carbocycles. The summed E-state index contributed by atoms with van der Waals surface area (Å²) in [6, 6.07) is 9.18. The monoisotopic (exact) mass is 406 g/mol. The number of urea groups is 1. The van der Waals surface area contributed by atoms with Crippen LogP contribution in [-0.2, 0) is 4.79 Å². The smallest absolute Gasteiger partial charge is 0.333 e. The minimum Gasteiger partial charge on any atom is -0.491 e. The van der Waals surface area contributed by atoms with Crippen molar-refractivity contribution in [3.8, 4) is 11.5 Å². The Labute approximate surface area is 166 Å². The molecule has 140 valence electrons. The van der Waals surface area contributed by atoms with Crippen molar-refractivity contribution in [3.63, 3.8) is 0 Å². The second-order valence-corrected chi connectivity index (χ2v) is 6.42. The van der Waals surface area contributed by atoms with Gasteiger partial charge in [0, 0.05) is 5.02 Å². The van der Waals surface area contributed by atoms with Gasteiger partial charge in [-0.1, -0.05) is 23.2 Å². The number of carbonyl (C=O) groups is 2. The Morgan fingerprint density at radius 3 is 2.48 bits per heavy atom. The molecule has 0 spiro atoms. The average Bonchev–Trinajstić information content (AvgIpc) is 2.90. The van der Waals surface area contributed by atoms with Crippen molar-refractivity contribution in [2.24, 2.45) is 0 Å². The van der Waals surface area contributed by atoms with Crippen LogP contribution in [0.25, 0.3) is 6.08 Å². The topological polar surface area (TPSA) is 67.9 Å². The maximum absolute atomic E-state index is 12.7. The van der Waals surface area contributed by atoms with Crippen molar-refractivity contribution in [2.45, 2.75) is 6.92 Å². The standard InChI is InChI=1S/C19H16Cl2N2O4/c1-3-27-16-10-11(8-14(21)17(16)26-2)9-15-18(24)23(19(25)22-15)13-6-4-12(20)5-7-13/h4-10H,3H2,1-2H3,(H,22,25)/b15-9+. The highest BCUT2D eigenvalue weighted by Crippen LogP contribution is 2.37. The summed E-state index contributed by atoms with van der Waals surface area (Å²) < 4.78 is 10.8. The maximum atomic E-state index is 12.7. The van der Waals surface area contributed by atoms with Crippen molar-refractivity contribution in [2.75, 3.05) is 18.6 Å². The van der Waals surface area contributed by atoms with Crippen molar-refractivity contribution < 1.29 is 19.1 Å². The first-order chi connectivity index (χ1) is 12.9. The number of rotatable bonds is 5. The number of amides is 3. The molecule has 0 aromatic heterocycles. The van der Waals surface area contributed by atoms with Gasteiger partial charge in [0.15, 0.2) is 11.5 Å². The molecule has 8 heteroatoms. The lowest BCUT2D eigenvalue weighted by Gasteiger charge is -2.12. The lowest BCUT2D eigenvalue weighted by atomic mass is 10.1.